The van der Waals surface area contributed by atoms with Gasteiger partial charge >= 0.3 is 0 Å². The molecule has 1 aromatic carbocycles. The lowest BCUT2D eigenvalue weighted by atomic mass is 9.95. The van der Waals surface area contributed by atoms with Crippen LogP contribution in [0.2, 0.25) is 0 Å². The molecule has 0 fully saturated rings. The van der Waals surface area contributed by atoms with E-state index in [0.29, 0.717) is 0 Å². The van der Waals surface area contributed by atoms with Crippen molar-refractivity contribution in [2.24, 2.45) is 5.73 Å². The second kappa shape index (κ2) is 5.80. The molecule has 17 heavy (non-hydrogen) atoms. The molecule has 0 aliphatic heterocycles. The van der Waals surface area contributed by atoms with Crippen molar-refractivity contribution in [2.75, 3.05) is 6.61 Å². The van der Waals surface area contributed by atoms with Crippen molar-refractivity contribution < 1.29 is 9.63 Å². The van der Waals surface area contributed by atoms with Gasteiger partial charge in [0.1, 0.15) is 6.61 Å². The molecule has 0 aliphatic carbocycles. The number of hydroxylamine groups is 1. The molecule has 0 aliphatic rings. The highest BCUT2D eigenvalue weighted by molar-refractivity contribution is 5.74. The third-order valence-corrected chi connectivity index (χ3v) is 2.65. The summed E-state index contributed by atoms with van der Waals surface area (Å²) in [5, 5.41) is 0. The van der Waals surface area contributed by atoms with E-state index >= 15 is 0 Å². The zero-order valence-electron chi connectivity index (χ0n) is 10.8. The SMILES string of the molecule is Cc1cc(C)c(C(C)NOCC(N)=O)c(C)c1. The average Bonchev–Trinajstić information content (AvgIpc) is 2.14. The highest BCUT2D eigenvalue weighted by Gasteiger charge is 2.12. The fourth-order valence-corrected chi connectivity index (χ4v) is 2.17. The van der Waals surface area contributed by atoms with Gasteiger partial charge in [-0.2, -0.15) is 5.48 Å². The number of amides is 1. The molecule has 4 nitrogen and oxygen atoms in total. The third kappa shape index (κ3) is 3.84. The second-order valence-electron chi connectivity index (χ2n) is 4.41. The molecule has 1 amide bonds. The number of primary amides is 1. The summed E-state index contributed by atoms with van der Waals surface area (Å²) in [5.74, 6) is -0.484. The summed E-state index contributed by atoms with van der Waals surface area (Å²) in [6.07, 6.45) is 0. The Kier molecular flexibility index (Phi) is 4.66. The fraction of sp³-hybridized carbons (Fsp3) is 0.462. The Morgan fingerprint density at radius 2 is 1.88 bits per heavy atom. The number of benzene rings is 1. The minimum Gasteiger partial charge on any atom is -0.368 e. The lowest BCUT2D eigenvalue weighted by Crippen LogP contribution is -2.27. The first-order valence-corrected chi connectivity index (χ1v) is 5.65. The molecule has 0 heterocycles. The largest absolute Gasteiger partial charge is 0.368 e. The maximum atomic E-state index is 10.6. The second-order valence-corrected chi connectivity index (χ2v) is 4.41. The smallest absolute Gasteiger partial charge is 0.245 e. The van der Waals surface area contributed by atoms with Crippen LogP contribution in [0.4, 0.5) is 0 Å². The van der Waals surface area contributed by atoms with Gasteiger partial charge in [0.2, 0.25) is 5.91 Å². The Labute approximate surface area is 102 Å². The zero-order chi connectivity index (χ0) is 13.0. The normalized spacial score (nSPS) is 12.5. The lowest BCUT2D eigenvalue weighted by Gasteiger charge is -2.19. The molecule has 4 heteroatoms. The lowest BCUT2D eigenvalue weighted by molar-refractivity contribution is -0.126. The summed E-state index contributed by atoms with van der Waals surface area (Å²) in [6, 6.07) is 4.29. The van der Waals surface area contributed by atoms with Gasteiger partial charge in [-0.25, -0.2) is 0 Å². The number of hydrogen-bond donors (Lipinski definition) is 2. The van der Waals surface area contributed by atoms with Gasteiger partial charge in [0.05, 0.1) is 6.04 Å². The summed E-state index contributed by atoms with van der Waals surface area (Å²) in [7, 11) is 0. The van der Waals surface area contributed by atoms with Crippen LogP contribution < -0.4 is 11.2 Å². The van der Waals surface area contributed by atoms with Crippen LogP contribution in [-0.2, 0) is 9.63 Å². The van der Waals surface area contributed by atoms with E-state index in [0.717, 1.165) is 0 Å². The van der Waals surface area contributed by atoms with Crippen molar-refractivity contribution in [1.82, 2.24) is 5.48 Å². The van der Waals surface area contributed by atoms with Gasteiger partial charge < -0.3 is 5.73 Å². The van der Waals surface area contributed by atoms with E-state index in [1.54, 1.807) is 0 Å². The minimum absolute atomic E-state index is 0.0231. The van der Waals surface area contributed by atoms with E-state index in [2.05, 4.69) is 38.4 Å². The number of carbonyl (C=O) groups is 1. The molecule has 0 aromatic heterocycles. The molecule has 0 bridgehead atoms. The van der Waals surface area contributed by atoms with E-state index < -0.39 is 5.91 Å². The Bertz CT molecular complexity index is 393. The fourth-order valence-electron chi connectivity index (χ4n) is 2.17. The van der Waals surface area contributed by atoms with Crippen molar-refractivity contribution in [2.45, 2.75) is 33.7 Å². The number of carbonyl (C=O) groups excluding carboxylic acids is 1. The molecule has 94 valence electrons. The van der Waals surface area contributed by atoms with E-state index in [4.69, 9.17) is 10.6 Å². The first-order valence-electron chi connectivity index (χ1n) is 5.65. The quantitative estimate of drug-likeness (QED) is 0.764. The van der Waals surface area contributed by atoms with Crippen molar-refractivity contribution in [1.29, 1.82) is 0 Å². The number of nitrogens with two attached hydrogens (primary N) is 1. The molecule has 1 aromatic rings. The Hall–Kier alpha value is -1.39. The van der Waals surface area contributed by atoms with Crippen LogP contribution in [0, 0.1) is 20.8 Å². The molecule has 1 atom stereocenters. The number of rotatable bonds is 5. The zero-order valence-corrected chi connectivity index (χ0v) is 10.8. The van der Waals surface area contributed by atoms with Gasteiger partial charge in [-0.15, -0.1) is 0 Å². The van der Waals surface area contributed by atoms with E-state index in [1.165, 1.54) is 22.3 Å². The summed E-state index contributed by atoms with van der Waals surface area (Å²) in [5.41, 5.74) is 12.7. The monoisotopic (exact) mass is 236 g/mol. The van der Waals surface area contributed by atoms with Gasteiger partial charge in [0.15, 0.2) is 0 Å². The van der Waals surface area contributed by atoms with Crippen LogP contribution in [0.1, 0.15) is 35.2 Å². The van der Waals surface area contributed by atoms with Crippen LogP contribution >= 0.6 is 0 Å². The summed E-state index contributed by atoms with van der Waals surface area (Å²) in [6.45, 7) is 8.09. The van der Waals surface area contributed by atoms with Crippen molar-refractivity contribution in [3.8, 4) is 0 Å². The van der Waals surface area contributed by atoms with Crippen LogP contribution in [0.5, 0.6) is 0 Å². The highest BCUT2D eigenvalue weighted by Crippen LogP contribution is 2.23. The van der Waals surface area contributed by atoms with Gasteiger partial charge in [-0.05, 0) is 44.4 Å². The predicted molar refractivity (Wildman–Crippen MR) is 67.4 cm³/mol. The number of hydrogen-bond acceptors (Lipinski definition) is 3. The maximum absolute atomic E-state index is 10.6. The topological polar surface area (TPSA) is 64.3 Å². The van der Waals surface area contributed by atoms with Gasteiger partial charge in [-0.3, -0.25) is 9.63 Å². The van der Waals surface area contributed by atoms with Crippen LogP contribution in [0.15, 0.2) is 12.1 Å². The molecule has 0 saturated carbocycles. The maximum Gasteiger partial charge on any atom is 0.245 e. The molecule has 0 spiro atoms. The number of aryl methyl sites for hydroxylation is 3. The van der Waals surface area contributed by atoms with E-state index in [9.17, 15) is 4.79 Å². The molecular weight excluding hydrogens is 216 g/mol. The number of nitrogens with one attached hydrogen (secondary N) is 1. The summed E-state index contributed by atoms with van der Waals surface area (Å²) >= 11 is 0. The molecule has 1 rings (SSSR count). The first-order chi connectivity index (χ1) is 7.91. The Balaban J connectivity index is 2.75. The highest BCUT2D eigenvalue weighted by atomic mass is 16.6. The van der Waals surface area contributed by atoms with Gasteiger partial charge in [0.25, 0.3) is 0 Å². The summed E-state index contributed by atoms with van der Waals surface area (Å²) < 4.78 is 0. The molecule has 0 saturated heterocycles. The van der Waals surface area contributed by atoms with Crippen molar-refractivity contribution in [3.63, 3.8) is 0 Å². The molecule has 1 unspecified atom stereocenters. The predicted octanol–water partition coefficient (Wildman–Crippen LogP) is 1.68. The third-order valence-electron chi connectivity index (χ3n) is 2.65. The van der Waals surface area contributed by atoms with Crippen LogP contribution in [0.25, 0.3) is 0 Å². The van der Waals surface area contributed by atoms with Crippen molar-refractivity contribution in [3.05, 3.63) is 34.4 Å². The standard InChI is InChI=1S/C13H20N2O2/c1-8-5-9(2)13(10(3)6-8)11(4)15-17-7-12(14)16/h5-6,11,15H,7H2,1-4H3,(H2,14,16). The molecular formula is C13H20N2O2. The molecule has 3 N–H and O–H groups in total. The minimum atomic E-state index is -0.484. The van der Waals surface area contributed by atoms with Crippen molar-refractivity contribution >= 4 is 5.91 Å². The Morgan fingerprint density at radius 1 is 1.35 bits per heavy atom. The van der Waals surface area contributed by atoms with Gasteiger partial charge in [0, 0.05) is 0 Å². The van der Waals surface area contributed by atoms with Crippen LogP contribution in [-0.4, -0.2) is 12.5 Å². The van der Waals surface area contributed by atoms with Crippen LogP contribution in [0.3, 0.4) is 0 Å². The first kappa shape index (κ1) is 13.7. The molecule has 0 radical (unpaired) electrons. The average molecular weight is 236 g/mol. The van der Waals surface area contributed by atoms with Gasteiger partial charge in [-0.1, -0.05) is 17.7 Å². The van der Waals surface area contributed by atoms with E-state index in [-0.39, 0.29) is 12.6 Å². The van der Waals surface area contributed by atoms with E-state index in [1.807, 2.05) is 6.92 Å². The Morgan fingerprint density at radius 3 is 2.35 bits per heavy atom. The summed E-state index contributed by atoms with van der Waals surface area (Å²) in [4.78, 5) is 15.6.